The summed E-state index contributed by atoms with van der Waals surface area (Å²) < 4.78 is 12.5. The smallest absolute Gasteiger partial charge is 0.174 e. The molecule has 0 bridgehead atoms. The fourth-order valence-electron chi connectivity index (χ4n) is 8.04. The van der Waals surface area contributed by atoms with Crippen LogP contribution in [0.2, 0.25) is 0 Å². The minimum atomic E-state index is -0.274. The van der Waals surface area contributed by atoms with Gasteiger partial charge in [-0.25, -0.2) is 0 Å². The highest BCUT2D eigenvalue weighted by atomic mass is 16.7. The van der Waals surface area contributed by atoms with Gasteiger partial charge in [0.25, 0.3) is 0 Å². The van der Waals surface area contributed by atoms with Gasteiger partial charge in [0, 0.05) is 11.8 Å². The van der Waals surface area contributed by atoms with Crippen molar-refractivity contribution in [3.63, 3.8) is 0 Å². The molecule has 1 aliphatic heterocycles. The summed E-state index contributed by atoms with van der Waals surface area (Å²) in [6, 6.07) is 0. The number of oxime groups is 1. The highest BCUT2D eigenvalue weighted by Gasteiger charge is 2.67. The second kappa shape index (κ2) is 5.45. The minimum Gasteiger partial charge on any atom is -0.411 e. The molecule has 1 heterocycles. The standard InChI is InChI=1S/C21H33NO3/c1-19-8-5-15(22-23)13-14(19)3-4-16-17(19)6-9-20(2)18(16)7-10-21(20)24-11-12-25-21/h14,16-18,23H,3-13H2,1-2H3/b22-15+/t14?,16-,17+,18+,19+,20+/m1/s1. The van der Waals surface area contributed by atoms with E-state index in [4.69, 9.17) is 9.47 Å². The maximum atomic E-state index is 9.23. The average Bonchev–Trinajstić information content (AvgIpc) is 3.21. The first-order valence-electron chi connectivity index (χ1n) is 10.5. The Kier molecular flexibility index (Phi) is 3.61. The van der Waals surface area contributed by atoms with Gasteiger partial charge in [-0.1, -0.05) is 19.0 Å². The summed E-state index contributed by atoms with van der Waals surface area (Å²) in [5.74, 6) is 2.87. The highest BCUT2D eigenvalue weighted by Crippen LogP contribution is 2.69. The second-order valence-corrected chi connectivity index (χ2v) is 9.97. The van der Waals surface area contributed by atoms with Crippen molar-refractivity contribution in [2.45, 2.75) is 77.4 Å². The van der Waals surface area contributed by atoms with Crippen LogP contribution in [0.1, 0.15) is 71.6 Å². The molecule has 4 aliphatic carbocycles. The minimum absolute atomic E-state index is 0.209. The fourth-order valence-corrected chi connectivity index (χ4v) is 8.04. The number of rotatable bonds is 0. The Bertz CT molecular complexity index is 584. The molecule has 4 heteroatoms. The van der Waals surface area contributed by atoms with Crippen molar-refractivity contribution in [2.24, 2.45) is 39.7 Å². The van der Waals surface area contributed by atoms with Crippen LogP contribution in [-0.2, 0) is 9.47 Å². The molecule has 140 valence electrons. The number of nitrogens with zero attached hydrogens (tertiary/aromatic N) is 1. The van der Waals surface area contributed by atoms with Crippen LogP contribution in [0, 0.1) is 34.5 Å². The zero-order valence-electron chi connectivity index (χ0n) is 15.8. The van der Waals surface area contributed by atoms with Crippen molar-refractivity contribution in [2.75, 3.05) is 13.2 Å². The Balaban J connectivity index is 1.44. The third-order valence-electron chi connectivity index (χ3n) is 9.44. The number of fused-ring (bicyclic) bond motifs is 6. The molecular weight excluding hydrogens is 314 g/mol. The van der Waals surface area contributed by atoms with Gasteiger partial charge >= 0.3 is 0 Å². The molecule has 1 spiro atoms. The first-order valence-corrected chi connectivity index (χ1v) is 10.5. The molecule has 1 saturated heterocycles. The van der Waals surface area contributed by atoms with Crippen molar-refractivity contribution < 1.29 is 14.7 Å². The molecule has 4 nitrogen and oxygen atoms in total. The Morgan fingerprint density at radius 2 is 1.72 bits per heavy atom. The summed E-state index contributed by atoms with van der Waals surface area (Å²) >= 11 is 0. The van der Waals surface area contributed by atoms with Gasteiger partial charge in [0.05, 0.1) is 18.9 Å². The Labute approximate surface area is 151 Å². The van der Waals surface area contributed by atoms with Gasteiger partial charge in [0.15, 0.2) is 5.79 Å². The average molecular weight is 347 g/mol. The number of ether oxygens (including phenoxy) is 2. The molecule has 4 saturated carbocycles. The normalized spacial score (nSPS) is 52.8. The molecule has 5 aliphatic rings. The van der Waals surface area contributed by atoms with E-state index in [2.05, 4.69) is 19.0 Å². The Hall–Kier alpha value is -0.610. The van der Waals surface area contributed by atoms with Crippen LogP contribution < -0.4 is 0 Å². The molecule has 0 radical (unpaired) electrons. The maximum Gasteiger partial charge on any atom is 0.174 e. The Morgan fingerprint density at radius 3 is 2.48 bits per heavy atom. The van der Waals surface area contributed by atoms with E-state index < -0.39 is 0 Å². The third-order valence-corrected chi connectivity index (χ3v) is 9.44. The van der Waals surface area contributed by atoms with Crippen LogP contribution in [0.15, 0.2) is 5.16 Å². The molecule has 0 aromatic carbocycles. The maximum absolute atomic E-state index is 9.23. The zero-order valence-corrected chi connectivity index (χ0v) is 15.8. The van der Waals surface area contributed by atoms with Crippen LogP contribution in [-0.4, -0.2) is 29.9 Å². The lowest BCUT2D eigenvalue weighted by molar-refractivity contribution is -0.246. The number of hydrogen-bond acceptors (Lipinski definition) is 4. The first kappa shape index (κ1) is 16.6. The Morgan fingerprint density at radius 1 is 0.960 bits per heavy atom. The summed E-state index contributed by atoms with van der Waals surface area (Å²) in [6.07, 6.45) is 10.8. The van der Waals surface area contributed by atoms with Crippen LogP contribution in [0.3, 0.4) is 0 Å². The van der Waals surface area contributed by atoms with E-state index in [1.54, 1.807) is 0 Å². The lowest BCUT2D eigenvalue weighted by Gasteiger charge is -2.61. The van der Waals surface area contributed by atoms with Crippen molar-refractivity contribution in [3.8, 4) is 0 Å². The van der Waals surface area contributed by atoms with Gasteiger partial charge in [-0.2, -0.15) is 0 Å². The summed E-state index contributed by atoms with van der Waals surface area (Å²) in [5, 5.41) is 12.8. The summed E-state index contributed by atoms with van der Waals surface area (Å²) in [7, 11) is 0. The van der Waals surface area contributed by atoms with Crippen molar-refractivity contribution in [3.05, 3.63) is 0 Å². The highest BCUT2D eigenvalue weighted by molar-refractivity contribution is 5.85. The molecule has 25 heavy (non-hydrogen) atoms. The van der Waals surface area contributed by atoms with Gasteiger partial charge in [-0.15, -0.1) is 0 Å². The predicted molar refractivity (Wildman–Crippen MR) is 95.6 cm³/mol. The van der Waals surface area contributed by atoms with Gasteiger partial charge < -0.3 is 14.7 Å². The zero-order chi connectivity index (χ0) is 17.3. The molecule has 5 rings (SSSR count). The molecular formula is C21H33NO3. The van der Waals surface area contributed by atoms with Crippen LogP contribution in [0.5, 0.6) is 0 Å². The predicted octanol–water partition coefficient (Wildman–Crippen LogP) is 4.60. The van der Waals surface area contributed by atoms with Crippen LogP contribution in [0.4, 0.5) is 0 Å². The van der Waals surface area contributed by atoms with Gasteiger partial charge in [-0.05, 0) is 80.5 Å². The third kappa shape index (κ3) is 2.04. The summed E-state index contributed by atoms with van der Waals surface area (Å²) in [5.41, 5.74) is 1.68. The quantitative estimate of drug-likeness (QED) is 0.514. The van der Waals surface area contributed by atoms with E-state index in [1.807, 2.05) is 0 Å². The fraction of sp³-hybridized carbons (Fsp3) is 0.952. The van der Waals surface area contributed by atoms with Gasteiger partial charge in [-0.3, -0.25) is 0 Å². The van der Waals surface area contributed by atoms with E-state index in [0.717, 1.165) is 55.9 Å². The topological polar surface area (TPSA) is 51.1 Å². The molecule has 0 aromatic rings. The molecule has 1 N–H and O–H groups in total. The van der Waals surface area contributed by atoms with Crippen molar-refractivity contribution >= 4 is 5.71 Å². The summed E-state index contributed by atoms with van der Waals surface area (Å²) in [6.45, 7) is 6.58. The van der Waals surface area contributed by atoms with Crippen molar-refractivity contribution in [1.29, 1.82) is 0 Å². The SMILES string of the molecule is C[C@]12CC/C(=N\O)CC1CC[C@@H]1[C@@H]2CC[C@@]2(C)[C@H]1CCC21OCCO1. The monoisotopic (exact) mass is 347 g/mol. The molecule has 6 atom stereocenters. The van der Waals surface area contributed by atoms with Crippen LogP contribution in [0.25, 0.3) is 0 Å². The van der Waals surface area contributed by atoms with Crippen LogP contribution >= 0.6 is 0 Å². The lowest BCUT2D eigenvalue weighted by Crippen LogP contribution is -2.56. The van der Waals surface area contributed by atoms with Gasteiger partial charge in [0.1, 0.15) is 0 Å². The molecule has 0 amide bonds. The molecule has 5 fully saturated rings. The van der Waals surface area contributed by atoms with E-state index in [1.165, 1.54) is 38.5 Å². The number of hydrogen-bond donors (Lipinski definition) is 1. The molecule has 1 unspecified atom stereocenters. The van der Waals surface area contributed by atoms with E-state index in [0.29, 0.717) is 11.3 Å². The van der Waals surface area contributed by atoms with E-state index >= 15 is 0 Å². The first-order chi connectivity index (χ1) is 12.0. The largest absolute Gasteiger partial charge is 0.411 e. The second-order valence-electron chi connectivity index (χ2n) is 9.97. The lowest BCUT2D eigenvalue weighted by atomic mass is 9.45. The van der Waals surface area contributed by atoms with E-state index in [9.17, 15) is 5.21 Å². The van der Waals surface area contributed by atoms with Gasteiger partial charge in [0.2, 0.25) is 0 Å². The van der Waals surface area contributed by atoms with Crippen molar-refractivity contribution in [1.82, 2.24) is 0 Å². The summed E-state index contributed by atoms with van der Waals surface area (Å²) in [4.78, 5) is 0. The van der Waals surface area contributed by atoms with E-state index in [-0.39, 0.29) is 11.2 Å². The molecule has 0 aromatic heterocycles.